The van der Waals surface area contributed by atoms with Crippen molar-refractivity contribution in [3.05, 3.63) is 0 Å². The lowest BCUT2D eigenvalue weighted by Crippen LogP contribution is -2.24. The van der Waals surface area contributed by atoms with Crippen molar-refractivity contribution in [1.82, 2.24) is 0 Å². The Morgan fingerprint density at radius 1 is 1.36 bits per heavy atom. The number of rotatable bonds is 4. The Morgan fingerprint density at radius 2 is 1.82 bits per heavy atom. The zero-order valence-electron chi connectivity index (χ0n) is 7.82. The van der Waals surface area contributed by atoms with Crippen LogP contribution in [0.15, 0.2) is 0 Å². The molecule has 0 saturated carbocycles. The highest BCUT2D eigenvalue weighted by molar-refractivity contribution is 6.78. The molecule has 0 spiro atoms. The smallest absolute Gasteiger partial charge is 0.135 e. The van der Waals surface area contributed by atoms with Crippen LogP contribution in [0.25, 0.3) is 0 Å². The summed E-state index contributed by atoms with van der Waals surface area (Å²) in [7, 11) is -1.23. The summed E-state index contributed by atoms with van der Waals surface area (Å²) in [5.41, 5.74) is 0.480. The van der Waals surface area contributed by atoms with Crippen LogP contribution in [0.5, 0.6) is 0 Å². The molecular weight excluding hydrogens is 154 g/mol. The van der Waals surface area contributed by atoms with E-state index in [0.717, 1.165) is 0 Å². The Bertz CT molecular complexity index is 169. The molecule has 0 bridgehead atoms. The maximum Gasteiger partial charge on any atom is 0.135 e. The third kappa shape index (κ3) is 7.45. The lowest BCUT2D eigenvalue weighted by molar-refractivity contribution is -0.115. The van der Waals surface area contributed by atoms with Crippen LogP contribution in [0.4, 0.5) is 0 Å². The van der Waals surface area contributed by atoms with Gasteiger partial charge in [-0.15, -0.1) is 0 Å². The van der Waals surface area contributed by atoms with Gasteiger partial charge in [-0.25, -0.2) is 0 Å². The molecule has 0 aromatic heterocycles. The fourth-order valence-corrected chi connectivity index (χ4v) is 2.26. The number of carbonyl (C=O) groups is 1. The summed E-state index contributed by atoms with van der Waals surface area (Å²) in [5.74, 6) is 0.233. The summed E-state index contributed by atoms with van der Waals surface area (Å²) < 4.78 is 0. The molecule has 0 saturated heterocycles. The molecule has 0 aromatic carbocycles. The van der Waals surface area contributed by atoms with Gasteiger partial charge in [0.05, 0.1) is 8.07 Å². The average Bonchev–Trinajstić information content (AvgIpc) is 1.53. The van der Waals surface area contributed by atoms with Crippen LogP contribution in [-0.4, -0.2) is 19.6 Å². The van der Waals surface area contributed by atoms with Gasteiger partial charge in [-0.3, -0.25) is 4.79 Å². The standard InChI is InChI=1S/C8H17NOSi/c1-7(9)5-8(10)6-11(2,3)4/h9H,5-6H2,1-4H3. The summed E-state index contributed by atoms with van der Waals surface area (Å²) in [5, 5.41) is 7.13. The minimum absolute atomic E-state index is 0.233. The highest BCUT2D eigenvalue weighted by Gasteiger charge is 2.17. The van der Waals surface area contributed by atoms with Gasteiger partial charge in [-0.2, -0.15) is 0 Å². The van der Waals surface area contributed by atoms with Crippen LogP contribution in [0.3, 0.4) is 0 Å². The monoisotopic (exact) mass is 171 g/mol. The van der Waals surface area contributed by atoms with Gasteiger partial charge in [-0.05, 0) is 6.92 Å². The fraction of sp³-hybridized carbons (Fsp3) is 0.750. The van der Waals surface area contributed by atoms with Crippen LogP contribution in [0, 0.1) is 5.41 Å². The van der Waals surface area contributed by atoms with Crippen molar-refractivity contribution in [2.24, 2.45) is 0 Å². The number of carbonyl (C=O) groups excluding carboxylic acids is 1. The van der Waals surface area contributed by atoms with Crippen LogP contribution in [-0.2, 0) is 4.79 Å². The molecular formula is C8H17NOSi. The second kappa shape index (κ2) is 3.81. The summed E-state index contributed by atoms with van der Waals surface area (Å²) in [6, 6.07) is 0.712. The molecule has 0 heterocycles. The number of hydrogen-bond donors (Lipinski definition) is 1. The number of Topliss-reactive ketones (excluding diaryl/α,β-unsaturated/α-hetero) is 1. The van der Waals surface area contributed by atoms with Crippen molar-refractivity contribution in [1.29, 1.82) is 5.41 Å². The Kier molecular flexibility index (Phi) is 3.65. The van der Waals surface area contributed by atoms with E-state index >= 15 is 0 Å². The minimum Gasteiger partial charge on any atom is -0.310 e. The van der Waals surface area contributed by atoms with Gasteiger partial charge < -0.3 is 5.41 Å². The maximum absolute atomic E-state index is 11.2. The van der Waals surface area contributed by atoms with Gasteiger partial charge in [0.2, 0.25) is 0 Å². The summed E-state index contributed by atoms with van der Waals surface area (Å²) in [6.07, 6.45) is 0.351. The van der Waals surface area contributed by atoms with E-state index in [4.69, 9.17) is 5.41 Å². The third-order valence-electron chi connectivity index (χ3n) is 1.19. The summed E-state index contributed by atoms with van der Waals surface area (Å²) in [6.45, 7) is 8.20. The van der Waals surface area contributed by atoms with Crippen molar-refractivity contribution in [3.63, 3.8) is 0 Å². The molecule has 64 valence electrons. The molecule has 0 amide bonds. The van der Waals surface area contributed by atoms with Gasteiger partial charge in [0.1, 0.15) is 5.78 Å². The second-order valence-corrected chi connectivity index (χ2v) is 9.71. The highest BCUT2D eigenvalue weighted by atomic mass is 28.3. The highest BCUT2D eigenvalue weighted by Crippen LogP contribution is 2.09. The molecule has 0 atom stereocenters. The molecule has 0 unspecified atom stereocenters. The summed E-state index contributed by atoms with van der Waals surface area (Å²) >= 11 is 0. The molecule has 1 N–H and O–H groups in total. The van der Waals surface area contributed by atoms with Crippen molar-refractivity contribution in [2.75, 3.05) is 0 Å². The second-order valence-electron chi connectivity index (χ2n) is 4.23. The number of ketones is 1. The van der Waals surface area contributed by atoms with Crippen molar-refractivity contribution >= 4 is 19.6 Å². The predicted molar refractivity (Wildman–Crippen MR) is 51.2 cm³/mol. The molecule has 0 radical (unpaired) electrons. The molecule has 0 rings (SSSR count). The van der Waals surface area contributed by atoms with E-state index in [9.17, 15) is 4.79 Å². The van der Waals surface area contributed by atoms with Crippen LogP contribution < -0.4 is 0 Å². The molecule has 0 aliphatic rings. The topological polar surface area (TPSA) is 40.9 Å². The van der Waals surface area contributed by atoms with Crippen molar-refractivity contribution in [2.45, 2.75) is 39.0 Å². The first-order valence-electron chi connectivity index (χ1n) is 3.87. The molecule has 2 nitrogen and oxygen atoms in total. The molecule has 0 aliphatic heterocycles. The molecule has 0 fully saturated rings. The normalized spacial score (nSPS) is 11.3. The fourth-order valence-electron chi connectivity index (χ4n) is 0.950. The first-order chi connectivity index (χ1) is 4.81. The van der Waals surface area contributed by atoms with E-state index in [2.05, 4.69) is 19.6 Å². The van der Waals surface area contributed by atoms with E-state index in [1.165, 1.54) is 0 Å². The Labute approximate surface area is 69.5 Å². The van der Waals surface area contributed by atoms with Crippen molar-refractivity contribution in [3.8, 4) is 0 Å². The van der Waals surface area contributed by atoms with Crippen molar-refractivity contribution < 1.29 is 4.79 Å². The first kappa shape index (κ1) is 10.6. The number of nitrogens with one attached hydrogen (secondary N) is 1. The largest absolute Gasteiger partial charge is 0.310 e. The van der Waals surface area contributed by atoms with Crippen LogP contribution >= 0.6 is 0 Å². The molecule has 3 heteroatoms. The van der Waals surface area contributed by atoms with Crippen LogP contribution in [0.2, 0.25) is 25.7 Å². The Balaban J connectivity index is 3.80. The predicted octanol–water partition coefficient (Wildman–Crippen LogP) is 2.32. The van der Waals surface area contributed by atoms with Gasteiger partial charge in [0, 0.05) is 18.2 Å². The van der Waals surface area contributed by atoms with E-state index in [0.29, 0.717) is 18.2 Å². The molecule has 0 aliphatic carbocycles. The Morgan fingerprint density at radius 3 is 2.09 bits per heavy atom. The van der Waals surface area contributed by atoms with Crippen LogP contribution in [0.1, 0.15) is 13.3 Å². The minimum atomic E-state index is -1.23. The zero-order chi connectivity index (χ0) is 9.07. The lowest BCUT2D eigenvalue weighted by Gasteiger charge is -2.13. The van der Waals surface area contributed by atoms with Gasteiger partial charge in [-0.1, -0.05) is 19.6 Å². The summed E-state index contributed by atoms with van der Waals surface area (Å²) in [4.78, 5) is 11.2. The zero-order valence-corrected chi connectivity index (χ0v) is 8.82. The van der Waals surface area contributed by atoms with E-state index in [-0.39, 0.29) is 5.78 Å². The lowest BCUT2D eigenvalue weighted by atomic mass is 10.2. The molecule has 11 heavy (non-hydrogen) atoms. The third-order valence-corrected chi connectivity index (χ3v) is 2.64. The number of hydrogen-bond acceptors (Lipinski definition) is 2. The van der Waals surface area contributed by atoms with Gasteiger partial charge in [0.25, 0.3) is 0 Å². The van der Waals surface area contributed by atoms with Gasteiger partial charge >= 0.3 is 0 Å². The van der Waals surface area contributed by atoms with E-state index in [1.807, 2.05) is 0 Å². The molecule has 0 aromatic rings. The quantitative estimate of drug-likeness (QED) is 0.512. The van der Waals surface area contributed by atoms with E-state index in [1.54, 1.807) is 6.92 Å². The Hall–Kier alpha value is -0.443. The van der Waals surface area contributed by atoms with E-state index < -0.39 is 8.07 Å². The average molecular weight is 171 g/mol. The van der Waals surface area contributed by atoms with Gasteiger partial charge in [0.15, 0.2) is 0 Å². The SMILES string of the molecule is CC(=N)CC(=O)C[Si](C)(C)C. The first-order valence-corrected chi connectivity index (χ1v) is 7.58. The maximum atomic E-state index is 11.2.